The Hall–Kier alpha value is -3.61. The van der Waals surface area contributed by atoms with Crippen molar-refractivity contribution in [2.24, 2.45) is 0 Å². The van der Waals surface area contributed by atoms with Gasteiger partial charge in [-0.1, -0.05) is 18.2 Å². The molecule has 3 N–H and O–H groups in total. The second-order valence-electron chi connectivity index (χ2n) is 5.98. The van der Waals surface area contributed by atoms with Gasteiger partial charge in [0.2, 0.25) is 0 Å². The number of rotatable bonds is 2. The van der Waals surface area contributed by atoms with Crippen molar-refractivity contribution in [3.8, 4) is 0 Å². The molecule has 1 aliphatic rings. The van der Waals surface area contributed by atoms with Crippen molar-refractivity contribution in [2.75, 3.05) is 22.1 Å². The molecule has 3 amide bonds. The lowest BCUT2D eigenvalue weighted by Crippen LogP contribution is -2.26. The second kappa shape index (κ2) is 6.36. The molecule has 4 rings (SSSR count). The van der Waals surface area contributed by atoms with E-state index in [0.29, 0.717) is 30.0 Å². The SMILES string of the molecule is O=C(Nc1ccc2c(c1)CCN2C(=O)O)Nc1ccnc2ccccc12. The summed E-state index contributed by atoms with van der Waals surface area (Å²) in [7, 11) is 0. The average Bonchev–Trinajstić information content (AvgIpc) is 3.05. The number of carboxylic acid groups (broad SMARTS) is 1. The van der Waals surface area contributed by atoms with Crippen LogP contribution in [0.25, 0.3) is 10.9 Å². The summed E-state index contributed by atoms with van der Waals surface area (Å²) in [5.41, 5.74) is 3.66. The van der Waals surface area contributed by atoms with Crippen LogP contribution in [0.2, 0.25) is 0 Å². The summed E-state index contributed by atoms with van der Waals surface area (Å²) < 4.78 is 0. The Kier molecular flexibility index (Phi) is 3.89. The summed E-state index contributed by atoms with van der Waals surface area (Å²) in [6.45, 7) is 0.434. The van der Waals surface area contributed by atoms with Gasteiger partial charge in [-0.05, 0) is 42.3 Å². The fourth-order valence-electron chi connectivity index (χ4n) is 3.17. The van der Waals surface area contributed by atoms with E-state index in [-0.39, 0.29) is 6.03 Å². The van der Waals surface area contributed by atoms with Crippen LogP contribution in [-0.4, -0.2) is 28.8 Å². The van der Waals surface area contributed by atoms with Crippen molar-refractivity contribution >= 4 is 40.1 Å². The maximum Gasteiger partial charge on any atom is 0.411 e. The van der Waals surface area contributed by atoms with Crippen LogP contribution < -0.4 is 15.5 Å². The van der Waals surface area contributed by atoms with Crippen LogP contribution in [0.4, 0.5) is 26.7 Å². The molecule has 0 bridgehead atoms. The van der Waals surface area contributed by atoms with Crippen molar-refractivity contribution in [2.45, 2.75) is 6.42 Å². The second-order valence-corrected chi connectivity index (χ2v) is 5.98. The van der Waals surface area contributed by atoms with Crippen molar-refractivity contribution in [3.05, 3.63) is 60.3 Å². The lowest BCUT2D eigenvalue weighted by molar-refractivity contribution is 0.202. The molecule has 0 radical (unpaired) electrons. The quantitative estimate of drug-likeness (QED) is 0.654. The number of nitrogens with one attached hydrogen (secondary N) is 2. The molecule has 7 heteroatoms. The summed E-state index contributed by atoms with van der Waals surface area (Å²) in [4.78, 5) is 29.1. The van der Waals surface area contributed by atoms with Gasteiger partial charge >= 0.3 is 12.1 Å². The van der Waals surface area contributed by atoms with Crippen molar-refractivity contribution < 1.29 is 14.7 Å². The number of carbonyl (C=O) groups excluding carboxylic acids is 1. The molecule has 1 aromatic heterocycles. The Bertz CT molecular complexity index is 1010. The van der Waals surface area contributed by atoms with Gasteiger partial charge in [0.1, 0.15) is 0 Å². The Morgan fingerprint density at radius 1 is 1.08 bits per heavy atom. The number of anilines is 3. The Morgan fingerprint density at radius 3 is 2.77 bits per heavy atom. The first-order valence-corrected chi connectivity index (χ1v) is 8.17. The number of aromatic nitrogens is 1. The number of nitrogens with zero attached hydrogens (tertiary/aromatic N) is 2. The van der Waals surface area contributed by atoms with Crippen LogP contribution in [0.1, 0.15) is 5.56 Å². The monoisotopic (exact) mass is 348 g/mol. The van der Waals surface area contributed by atoms with Crippen molar-refractivity contribution in [1.82, 2.24) is 4.98 Å². The third kappa shape index (κ3) is 2.90. The van der Waals surface area contributed by atoms with Gasteiger partial charge in [-0.2, -0.15) is 0 Å². The summed E-state index contributed by atoms with van der Waals surface area (Å²) in [6.07, 6.45) is 1.31. The number of hydrogen-bond acceptors (Lipinski definition) is 3. The minimum Gasteiger partial charge on any atom is -0.465 e. The Labute approximate surface area is 149 Å². The van der Waals surface area contributed by atoms with Gasteiger partial charge in [0.25, 0.3) is 0 Å². The number of hydrogen-bond donors (Lipinski definition) is 3. The third-order valence-electron chi connectivity index (χ3n) is 4.36. The molecule has 0 aliphatic carbocycles. The Morgan fingerprint density at radius 2 is 1.92 bits per heavy atom. The molecule has 2 aromatic carbocycles. The normalized spacial score (nSPS) is 12.7. The van der Waals surface area contributed by atoms with E-state index in [2.05, 4.69) is 15.6 Å². The predicted octanol–water partition coefficient (Wildman–Crippen LogP) is 3.92. The summed E-state index contributed by atoms with van der Waals surface area (Å²) in [5, 5.41) is 15.7. The lowest BCUT2D eigenvalue weighted by Gasteiger charge is -2.13. The molecule has 7 nitrogen and oxygen atoms in total. The van der Waals surface area contributed by atoms with Crippen LogP contribution in [0.3, 0.4) is 0 Å². The predicted molar refractivity (Wildman–Crippen MR) is 99.9 cm³/mol. The number of urea groups is 1. The van der Waals surface area contributed by atoms with Gasteiger partial charge in [-0.3, -0.25) is 9.88 Å². The van der Waals surface area contributed by atoms with Crippen molar-refractivity contribution in [1.29, 1.82) is 0 Å². The third-order valence-corrected chi connectivity index (χ3v) is 4.36. The highest BCUT2D eigenvalue weighted by molar-refractivity contribution is 6.05. The number of pyridine rings is 1. The Balaban J connectivity index is 1.51. The molecule has 0 atom stereocenters. The molecule has 1 aliphatic heterocycles. The van der Waals surface area contributed by atoms with Gasteiger partial charge in [0, 0.05) is 23.8 Å². The average molecular weight is 348 g/mol. The van der Waals surface area contributed by atoms with Gasteiger partial charge in [-0.15, -0.1) is 0 Å². The molecule has 0 fully saturated rings. The number of amides is 3. The summed E-state index contributed by atoms with van der Waals surface area (Å²) >= 11 is 0. The van der Waals surface area contributed by atoms with Crippen LogP contribution in [-0.2, 0) is 6.42 Å². The summed E-state index contributed by atoms with van der Waals surface area (Å²) in [6, 6.07) is 14.2. The number of para-hydroxylation sites is 1. The van der Waals surface area contributed by atoms with E-state index in [9.17, 15) is 9.59 Å². The highest BCUT2D eigenvalue weighted by atomic mass is 16.4. The molecule has 0 saturated heterocycles. The van der Waals surface area contributed by atoms with E-state index in [0.717, 1.165) is 16.5 Å². The lowest BCUT2D eigenvalue weighted by atomic mass is 10.1. The van der Waals surface area contributed by atoms with Gasteiger partial charge < -0.3 is 15.7 Å². The fourth-order valence-corrected chi connectivity index (χ4v) is 3.17. The van der Waals surface area contributed by atoms with Crippen LogP contribution in [0, 0.1) is 0 Å². The molecule has 3 aromatic rings. The van der Waals surface area contributed by atoms with E-state index in [1.807, 2.05) is 30.3 Å². The summed E-state index contributed by atoms with van der Waals surface area (Å²) in [5.74, 6) is 0. The largest absolute Gasteiger partial charge is 0.465 e. The molecule has 26 heavy (non-hydrogen) atoms. The smallest absolute Gasteiger partial charge is 0.411 e. The maximum absolute atomic E-state index is 12.4. The zero-order chi connectivity index (χ0) is 18.1. The molecule has 0 unspecified atom stereocenters. The fraction of sp³-hybridized carbons (Fsp3) is 0.105. The van der Waals surface area contributed by atoms with Crippen LogP contribution in [0.5, 0.6) is 0 Å². The van der Waals surface area contributed by atoms with Gasteiger partial charge in [0.05, 0.1) is 16.9 Å². The number of benzene rings is 2. The topological polar surface area (TPSA) is 94.6 Å². The molecular formula is C19H16N4O3. The first kappa shape index (κ1) is 15.9. The van der Waals surface area contributed by atoms with E-state index in [1.54, 1.807) is 24.4 Å². The minimum absolute atomic E-state index is 0.366. The maximum atomic E-state index is 12.4. The zero-order valence-electron chi connectivity index (χ0n) is 13.8. The minimum atomic E-state index is -0.966. The van der Waals surface area contributed by atoms with E-state index in [4.69, 9.17) is 5.11 Å². The number of carbonyl (C=O) groups is 2. The first-order valence-electron chi connectivity index (χ1n) is 8.17. The van der Waals surface area contributed by atoms with E-state index in [1.165, 1.54) is 4.90 Å². The molecular weight excluding hydrogens is 332 g/mol. The highest BCUT2D eigenvalue weighted by Crippen LogP contribution is 2.30. The number of fused-ring (bicyclic) bond motifs is 2. The van der Waals surface area contributed by atoms with E-state index >= 15 is 0 Å². The van der Waals surface area contributed by atoms with Crippen LogP contribution in [0.15, 0.2) is 54.7 Å². The molecule has 0 saturated carbocycles. The first-order chi connectivity index (χ1) is 12.6. The molecule has 130 valence electrons. The molecule has 0 spiro atoms. The van der Waals surface area contributed by atoms with Gasteiger partial charge in [0.15, 0.2) is 0 Å². The van der Waals surface area contributed by atoms with Gasteiger partial charge in [-0.25, -0.2) is 9.59 Å². The van der Waals surface area contributed by atoms with Crippen LogP contribution >= 0.6 is 0 Å². The molecule has 2 heterocycles. The zero-order valence-corrected chi connectivity index (χ0v) is 13.8. The van der Waals surface area contributed by atoms with Crippen molar-refractivity contribution in [3.63, 3.8) is 0 Å². The standard InChI is InChI=1S/C19H16N4O3/c24-18(22-16-7-9-20-15-4-2-1-3-14(15)16)21-13-5-6-17-12(11-13)8-10-23(17)19(25)26/h1-7,9,11H,8,10H2,(H,25,26)(H2,20,21,22,24). The van der Waals surface area contributed by atoms with E-state index < -0.39 is 6.09 Å². The highest BCUT2D eigenvalue weighted by Gasteiger charge is 2.24.